The fourth-order valence-electron chi connectivity index (χ4n) is 3.66. The van der Waals surface area contributed by atoms with Gasteiger partial charge in [-0.15, -0.1) is 0 Å². The Kier molecular flexibility index (Phi) is 8.68. The van der Waals surface area contributed by atoms with Gasteiger partial charge >= 0.3 is 6.09 Å². The van der Waals surface area contributed by atoms with E-state index in [0.29, 0.717) is 56.2 Å². The predicted octanol–water partition coefficient (Wildman–Crippen LogP) is 4.14. The molecule has 9 nitrogen and oxygen atoms in total. The Labute approximate surface area is 206 Å². The zero-order valence-corrected chi connectivity index (χ0v) is 20.9. The van der Waals surface area contributed by atoms with Gasteiger partial charge in [0, 0.05) is 44.6 Å². The monoisotopic (exact) mass is 482 g/mol. The Morgan fingerprint density at radius 2 is 1.66 bits per heavy atom. The van der Waals surface area contributed by atoms with E-state index in [0.717, 1.165) is 5.69 Å². The van der Waals surface area contributed by atoms with E-state index < -0.39 is 5.60 Å². The number of Topliss-reactive ketones (excluding diaryl/α,β-unsaturated/α-hetero) is 1. The van der Waals surface area contributed by atoms with Gasteiger partial charge in [0.05, 0.1) is 19.0 Å². The predicted molar refractivity (Wildman–Crippen MR) is 134 cm³/mol. The number of piperazine rings is 1. The van der Waals surface area contributed by atoms with Gasteiger partial charge in [-0.1, -0.05) is 0 Å². The van der Waals surface area contributed by atoms with Gasteiger partial charge in [-0.25, -0.2) is 9.78 Å². The summed E-state index contributed by atoms with van der Waals surface area (Å²) >= 11 is 0. The molecule has 2 amide bonds. The number of carbonyl (C=O) groups is 3. The zero-order chi connectivity index (χ0) is 25.4. The molecule has 0 unspecified atom stereocenters. The third-order valence-electron chi connectivity index (χ3n) is 5.53. The van der Waals surface area contributed by atoms with Gasteiger partial charge in [0.25, 0.3) is 0 Å². The number of aromatic nitrogens is 1. The van der Waals surface area contributed by atoms with Crippen molar-refractivity contribution < 1.29 is 23.9 Å². The number of nitrogens with one attached hydrogen (secondary N) is 1. The van der Waals surface area contributed by atoms with Crippen molar-refractivity contribution in [3.05, 3.63) is 48.2 Å². The van der Waals surface area contributed by atoms with Crippen molar-refractivity contribution in [3.8, 4) is 5.75 Å². The van der Waals surface area contributed by atoms with E-state index in [4.69, 9.17) is 9.47 Å². The molecule has 35 heavy (non-hydrogen) atoms. The van der Waals surface area contributed by atoms with Crippen LogP contribution in [0.3, 0.4) is 0 Å². The maximum absolute atomic E-state index is 12.3. The van der Waals surface area contributed by atoms with E-state index in [1.807, 2.05) is 26.8 Å². The number of hydrogen-bond acceptors (Lipinski definition) is 7. The number of anilines is 2. The number of benzene rings is 1. The fraction of sp³-hybridized carbons (Fsp3) is 0.462. The number of carbonyl (C=O) groups excluding carboxylic acids is 3. The maximum Gasteiger partial charge on any atom is 0.410 e. The van der Waals surface area contributed by atoms with Crippen molar-refractivity contribution in [2.24, 2.45) is 0 Å². The molecule has 0 radical (unpaired) electrons. The van der Waals surface area contributed by atoms with Gasteiger partial charge in [0.15, 0.2) is 5.78 Å². The minimum Gasteiger partial charge on any atom is -0.497 e. The first-order chi connectivity index (χ1) is 16.6. The summed E-state index contributed by atoms with van der Waals surface area (Å²) in [5, 5.41) is 2.78. The normalized spacial score (nSPS) is 13.8. The van der Waals surface area contributed by atoms with Crippen molar-refractivity contribution in [2.75, 3.05) is 43.5 Å². The summed E-state index contributed by atoms with van der Waals surface area (Å²) in [6.45, 7) is 8.06. The second kappa shape index (κ2) is 11.7. The molecule has 0 atom stereocenters. The molecular weight excluding hydrogens is 448 g/mol. The van der Waals surface area contributed by atoms with Crippen LogP contribution in [0.5, 0.6) is 5.75 Å². The van der Waals surface area contributed by atoms with Crippen molar-refractivity contribution >= 4 is 29.3 Å². The zero-order valence-electron chi connectivity index (χ0n) is 20.9. The van der Waals surface area contributed by atoms with Crippen LogP contribution in [-0.2, 0) is 9.53 Å². The summed E-state index contributed by atoms with van der Waals surface area (Å²) < 4.78 is 10.5. The van der Waals surface area contributed by atoms with Crippen LogP contribution in [0, 0.1) is 0 Å². The molecule has 1 fully saturated rings. The highest BCUT2D eigenvalue weighted by Crippen LogP contribution is 2.19. The van der Waals surface area contributed by atoms with Gasteiger partial charge in [-0.3, -0.25) is 9.59 Å². The highest BCUT2D eigenvalue weighted by atomic mass is 16.6. The Hall–Kier alpha value is -3.62. The average molecular weight is 483 g/mol. The van der Waals surface area contributed by atoms with E-state index in [1.165, 1.54) is 0 Å². The van der Waals surface area contributed by atoms with E-state index in [9.17, 15) is 14.4 Å². The number of pyridine rings is 1. The minimum atomic E-state index is -0.509. The smallest absolute Gasteiger partial charge is 0.410 e. The summed E-state index contributed by atoms with van der Waals surface area (Å²) in [6, 6.07) is 10.6. The molecular formula is C26H34N4O5. The lowest BCUT2D eigenvalue weighted by molar-refractivity contribution is -0.116. The van der Waals surface area contributed by atoms with Crippen LogP contribution < -0.4 is 15.0 Å². The first-order valence-electron chi connectivity index (χ1n) is 11.8. The summed E-state index contributed by atoms with van der Waals surface area (Å²) in [5.74, 6) is 0.976. The molecule has 0 bridgehead atoms. The van der Waals surface area contributed by atoms with Gasteiger partial charge in [0.1, 0.15) is 17.2 Å². The lowest BCUT2D eigenvalue weighted by Crippen LogP contribution is -2.50. The van der Waals surface area contributed by atoms with E-state index in [-0.39, 0.29) is 24.2 Å². The largest absolute Gasteiger partial charge is 0.497 e. The molecule has 1 aromatic carbocycles. The molecule has 1 aliphatic rings. The van der Waals surface area contributed by atoms with Gasteiger partial charge in [0.2, 0.25) is 5.91 Å². The molecule has 1 aliphatic heterocycles. The van der Waals surface area contributed by atoms with Crippen LogP contribution in [-0.4, -0.2) is 66.6 Å². The molecule has 2 aromatic rings. The molecule has 188 valence electrons. The molecule has 9 heteroatoms. The molecule has 1 aromatic heterocycles. The second-order valence-corrected chi connectivity index (χ2v) is 9.41. The highest BCUT2D eigenvalue weighted by molar-refractivity contribution is 5.96. The van der Waals surface area contributed by atoms with Crippen molar-refractivity contribution in [3.63, 3.8) is 0 Å². The van der Waals surface area contributed by atoms with Crippen molar-refractivity contribution in [2.45, 2.75) is 45.6 Å². The van der Waals surface area contributed by atoms with Crippen molar-refractivity contribution in [1.29, 1.82) is 0 Å². The number of nitrogens with zero attached hydrogens (tertiary/aromatic N) is 3. The Balaban J connectivity index is 1.40. The SMILES string of the molecule is COc1ccc(C(=O)CCCC(=O)Nc2ccc(N3CCN(C(=O)OC(C)(C)C)CC3)cn2)cc1. The minimum absolute atomic E-state index is 0.00491. The first-order valence-corrected chi connectivity index (χ1v) is 11.8. The lowest BCUT2D eigenvalue weighted by Gasteiger charge is -2.36. The number of ether oxygens (including phenoxy) is 2. The molecule has 3 rings (SSSR count). The van der Waals surface area contributed by atoms with E-state index in [1.54, 1.807) is 48.5 Å². The lowest BCUT2D eigenvalue weighted by atomic mass is 10.1. The van der Waals surface area contributed by atoms with Gasteiger partial charge in [-0.05, 0) is 63.6 Å². The van der Waals surface area contributed by atoms with E-state index >= 15 is 0 Å². The van der Waals surface area contributed by atoms with Crippen LogP contribution in [0.15, 0.2) is 42.6 Å². The maximum atomic E-state index is 12.3. The summed E-state index contributed by atoms with van der Waals surface area (Å²) in [7, 11) is 1.58. The standard InChI is InChI=1S/C26H34N4O5/c1-26(2,3)35-25(33)30-16-14-29(15-17-30)20-10-13-23(27-18-20)28-24(32)7-5-6-22(31)19-8-11-21(34-4)12-9-19/h8-13,18H,5-7,14-17H2,1-4H3,(H,27,28,32). The Morgan fingerprint density at radius 1 is 0.971 bits per heavy atom. The number of ketones is 1. The third-order valence-corrected chi connectivity index (χ3v) is 5.53. The molecule has 1 N–H and O–H groups in total. The van der Waals surface area contributed by atoms with Gasteiger partial charge < -0.3 is 24.6 Å². The molecule has 0 saturated carbocycles. The number of amides is 2. The second-order valence-electron chi connectivity index (χ2n) is 9.41. The van der Waals surface area contributed by atoms with Gasteiger partial charge in [-0.2, -0.15) is 0 Å². The quantitative estimate of drug-likeness (QED) is 0.564. The van der Waals surface area contributed by atoms with Crippen molar-refractivity contribution in [1.82, 2.24) is 9.88 Å². The van der Waals surface area contributed by atoms with Crippen LogP contribution >= 0.6 is 0 Å². The topological polar surface area (TPSA) is 101 Å². The van der Waals surface area contributed by atoms with Crippen LogP contribution in [0.2, 0.25) is 0 Å². The van der Waals surface area contributed by atoms with Crippen LogP contribution in [0.25, 0.3) is 0 Å². The fourth-order valence-corrected chi connectivity index (χ4v) is 3.66. The molecule has 1 saturated heterocycles. The molecule has 0 spiro atoms. The number of hydrogen-bond donors (Lipinski definition) is 1. The Morgan fingerprint density at radius 3 is 2.23 bits per heavy atom. The Bertz CT molecular complexity index is 1010. The third kappa shape index (κ3) is 7.98. The summed E-state index contributed by atoms with van der Waals surface area (Å²) in [6.07, 6.45) is 2.40. The molecule has 0 aliphatic carbocycles. The van der Waals surface area contributed by atoms with Crippen LogP contribution in [0.1, 0.15) is 50.4 Å². The average Bonchev–Trinajstić information content (AvgIpc) is 2.83. The highest BCUT2D eigenvalue weighted by Gasteiger charge is 2.26. The molecule has 2 heterocycles. The summed E-state index contributed by atoms with van der Waals surface area (Å²) in [5.41, 5.74) is 1.03. The summed E-state index contributed by atoms with van der Waals surface area (Å²) in [4.78, 5) is 45.0. The first kappa shape index (κ1) is 26.0. The number of rotatable bonds is 8. The number of methoxy groups -OCH3 is 1. The van der Waals surface area contributed by atoms with Crippen LogP contribution in [0.4, 0.5) is 16.3 Å². The van der Waals surface area contributed by atoms with E-state index in [2.05, 4.69) is 15.2 Å².